The van der Waals surface area contributed by atoms with Gasteiger partial charge in [0.25, 0.3) is 0 Å². The van der Waals surface area contributed by atoms with E-state index in [1.165, 1.54) is 19.3 Å². The van der Waals surface area contributed by atoms with Crippen LogP contribution in [0.2, 0.25) is 0 Å². The summed E-state index contributed by atoms with van der Waals surface area (Å²) in [5, 5.41) is 6.81. The summed E-state index contributed by atoms with van der Waals surface area (Å²) in [5.74, 6) is 2.52. The van der Waals surface area contributed by atoms with Crippen LogP contribution in [0.3, 0.4) is 0 Å². The highest BCUT2D eigenvalue weighted by atomic mass is 16.5. The van der Waals surface area contributed by atoms with Crippen LogP contribution in [-0.4, -0.2) is 16.0 Å². The largest absolute Gasteiger partial charge is 0.347 e. The van der Waals surface area contributed by atoms with Gasteiger partial charge in [-0.15, -0.1) is 0 Å². The summed E-state index contributed by atoms with van der Waals surface area (Å²) >= 11 is 0. The SMILES string of the molecule is CCC1CCC(C(=O)NCc2nc(C(C)C)no2)CC1. The van der Waals surface area contributed by atoms with Gasteiger partial charge in [0, 0.05) is 11.8 Å². The number of hydrogen-bond acceptors (Lipinski definition) is 4. The van der Waals surface area contributed by atoms with E-state index in [1.54, 1.807) is 0 Å². The molecule has 112 valence electrons. The van der Waals surface area contributed by atoms with Crippen LogP contribution in [0.25, 0.3) is 0 Å². The Balaban J connectivity index is 1.77. The molecule has 1 fully saturated rings. The summed E-state index contributed by atoms with van der Waals surface area (Å²) < 4.78 is 5.12. The Kier molecular flexibility index (Phi) is 5.15. The lowest BCUT2D eigenvalue weighted by Gasteiger charge is -2.26. The van der Waals surface area contributed by atoms with Crippen LogP contribution in [0.15, 0.2) is 4.52 Å². The molecule has 0 bridgehead atoms. The van der Waals surface area contributed by atoms with E-state index in [9.17, 15) is 4.79 Å². The molecule has 1 saturated carbocycles. The topological polar surface area (TPSA) is 68.0 Å². The second-order valence-corrected chi connectivity index (χ2v) is 6.04. The first-order valence-electron chi connectivity index (χ1n) is 7.70. The molecule has 5 heteroatoms. The number of nitrogens with zero attached hydrogens (tertiary/aromatic N) is 2. The number of nitrogens with one attached hydrogen (secondary N) is 1. The van der Waals surface area contributed by atoms with Crippen LogP contribution in [0, 0.1) is 11.8 Å². The van der Waals surface area contributed by atoms with Gasteiger partial charge in [-0.2, -0.15) is 4.98 Å². The van der Waals surface area contributed by atoms with Crippen LogP contribution in [-0.2, 0) is 11.3 Å². The Labute approximate surface area is 120 Å². The molecule has 2 rings (SSSR count). The Morgan fingerprint density at radius 2 is 2.05 bits per heavy atom. The Morgan fingerprint density at radius 1 is 1.35 bits per heavy atom. The zero-order valence-corrected chi connectivity index (χ0v) is 12.7. The highest BCUT2D eigenvalue weighted by molar-refractivity contribution is 5.78. The molecule has 20 heavy (non-hydrogen) atoms. The van der Waals surface area contributed by atoms with Crippen molar-refractivity contribution in [2.24, 2.45) is 11.8 Å². The van der Waals surface area contributed by atoms with Crippen molar-refractivity contribution in [2.45, 2.75) is 65.3 Å². The maximum Gasteiger partial charge on any atom is 0.246 e. The molecule has 1 aliphatic rings. The van der Waals surface area contributed by atoms with Gasteiger partial charge in [0.2, 0.25) is 11.8 Å². The third-order valence-electron chi connectivity index (χ3n) is 4.21. The predicted octanol–water partition coefficient (Wildman–Crippen LogP) is 3.03. The fourth-order valence-electron chi connectivity index (χ4n) is 2.71. The lowest BCUT2D eigenvalue weighted by atomic mass is 9.80. The summed E-state index contributed by atoms with van der Waals surface area (Å²) in [6, 6.07) is 0. The Morgan fingerprint density at radius 3 is 2.60 bits per heavy atom. The summed E-state index contributed by atoms with van der Waals surface area (Å²) in [6.45, 7) is 6.60. The van der Waals surface area contributed by atoms with Gasteiger partial charge >= 0.3 is 0 Å². The van der Waals surface area contributed by atoms with Gasteiger partial charge in [-0.25, -0.2) is 0 Å². The molecule has 0 unspecified atom stereocenters. The molecule has 1 aliphatic carbocycles. The van der Waals surface area contributed by atoms with Crippen molar-refractivity contribution in [1.29, 1.82) is 0 Å². The van der Waals surface area contributed by atoms with Crippen molar-refractivity contribution >= 4 is 5.91 Å². The van der Waals surface area contributed by atoms with E-state index in [0.717, 1.165) is 18.8 Å². The molecule has 0 spiro atoms. The number of amides is 1. The standard InChI is InChI=1S/C15H25N3O2/c1-4-11-5-7-12(8-6-11)15(19)16-9-13-17-14(10(2)3)18-20-13/h10-12H,4-9H2,1-3H3,(H,16,19). The molecule has 0 atom stereocenters. The molecule has 5 nitrogen and oxygen atoms in total. The highest BCUT2D eigenvalue weighted by Crippen LogP contribution is 2.30. The Hall–Kier alpha value is -1.39. The zero-order valence-electron chi connectivity index (χ0n) is 12.7. The van der Waals surface area contributed by atoms with E-state index in [1.807, 2.05) is 13.8 Å². The maximum atomic E-state index is 12.1. The molecule has 1 heterocycles. The van der Waals surface area contributed by atoms with Gasteiger partial charge in [-0.1, -0.05) is 32.3 Å². The number of hydrogen-bond donors (Lipinski definition) is 1. The van der Waals surface area contributed by atoms with E-state index in [4.69, 9.17) is 4.52 Å². The van der Waals surface area contributed by atoms with Crippen LogP contribution in [0.4, 0.5) is 0 Å². The molecule has 1 aromatic heterocycles. The fourth-order valence-corrected chi connectivity index (χ4v) is 2.71. The third kappa shape index (κ3) is 3.81. The van der Waals surface area contributed by atoms with Crippen molar-refractivity contribution in [3.63, 3.8) is 0 Å². The summed E-state index contributed by atoms with van der Waals surface area (Å²) in [7, 11) is 0. The predicted molar refractivity (Wildman–Crippen MR) is 76.0 cm³/mol. The van der Waals surface area contributed by atoms with Gasteiger partial charge in [0.1, 0.15) is 0 Å². The van der Waals surface area contributed by atoms with Crippen LogP contribution in [0.1, 0.15) is 70.5 Å². The molecule has 0 saturated heterocycles. The normalized spacial score (nSPS) is 23.0. The van der Waals surface area contributed by atoms with Crippen molar-refractivity contribution in [3.8, 4) is 0 Å². The number of carbonyl (C=O) groups excluding carboxylic acids is 1. The third-order valence-corrected chi connectivity index (χ3v) is 4.21. The molecule has 0 aromatic carbocycles. The molecular formula is C15H25N3O2. The Bertz CT molecular complexity index is 434. The molecule has 0 aliphatic heterocycles. The number of rotatable bonds is 5. The van der Waals surface area contributed by atoms with Crippen LogP contribution < -0.4 is 5.32 Å². The van der Waals surface area contributed by atoms with Gasteiger partial charge in [-0.3, -0.25) is 4.79 Å². The number of aromatic nitrogens is 2. The summed E-state index contributed by atoms with van der Waals surface area (Å²) in [4.78, 5) is 16.4. The van der Waals surface area contributed by atoms with Crippen molar-refractivity contribution in [1.82, 2.24) is 15.5 Å². The summed E-state index contributed by atoms with van der Waals surface area (Å²) in [5.41, 5.74) is 0. The minimum absolute atomic E-state index is 0.129. The highest BCUT2D eigenvalue weighted by Gasteiger charge is 2.25. The number of carbonyl (C=O) groups is 1. The lowest BCUT2D eigenvalue weighted by Crippen LogP contribution is -2.32. The molecule has 1 N–H and O–H groups in total. The molecule has 0 radical (unpaired) electrons. The van der Waals surface area contributed by atoms with E-state index in [-0.39, 0.29) is 17.7 Å². The van der Waals surface area contributed by atoms with Crippen molar-refractivity contribution in [3.05, 3.63) is 11.7 Å². The first-order chi connectivity index (χ1) is 9.60. The second kappa shape index (κ2) is 6.86. The minimum Gasteiger partial charge on any atom is -0.347 e. The van der Waals surface area contributed by atoms with E-state index in [0.29, 0.717) is 18.3 Å². The smallest absolute Gasteiger partial charge is 0.246 e. The summed E-state index contributed by atoms with van der Waals surface area (Å²) in [6.07, 6.45) is 5.59. The molecular weight excluding hydrogens is 254 g/mol. The second-order valence-electron chi connectivity index (χ2n) is 6.04. The van der Waals surface area contributed by atoms with Gasteiger partial charge < -0.3 is 9.84 Å². The van der Waals surface area contributed by atoms with Crippen LogP contribution >= 0.6 is 0 Å². The fraction of sp³-hybridized carbons (Fsp3) is 0.800. The molecule has 1 amide bonds. The average molecular weight is 279 g/mol. The molecule has 1 aromatic rings. The quantitative estimate of drug-likeness (QED) is 0.899. The average Bonchev–Trinajstić information content (AvgIpc) is 2.94. The van der Waals surface area contributed by atoms with E-state index < -0.39 is 0 Å². The lowest BCUT2D eigenvalue weighted by molar-refractivity contribution is -0.126. The van der Waals surface area contributed by atoms with Gasteiger partial charge in [0.15, 0.2) is 5.82 Å². The monoisotopic (exact) mass is 279 g/mol. The van der Waals surface area contributed by atoms with Gasteiger partial charge in [0.05, 0.1) is 6.54 Å². The van der Waals surface area contributed by atoms with Crippen LogP contribution in [0.5, 0.6) is 0 Å². The first kappa shape index (κ1) is 15.0. The van der Waals surface area contributed by atoms with Crippen molar-refractivity contribution < 1.29 is 9.32 Å². The maximum absolute atomic E-state index is 12.1. The minimum atomic E-state index is 0.129. The zero-order chi connectivity index (χ0) is 14.5. The van der Waals surface area contributed by atoms with E-state index in [2.05, 4.69) is 22.4 Å². The van der Waals surface area contributed by atoms with Crippen molar-refractivity contribution in [2.75, 3.05) is 0 Å². The van der Waals surface area contributed by atoms with E-state index >= 15 is 0 Å². The first-order valence-corrected chi connectivity index (χ1v) is 7.70. The van der Waals surface area contributed by atoms with Gasteiger partial charge in [-0.05, 0) is 31.6 Å².